The molecule has 0 saturated carbocycles. The van der Waals surface area contributed by atoms with Gasteiger partial charge in [-0.3, -0.25) is 9.98 Å². The van der Waals surface area contributed by atoms with Crippen LogP contribution in [0.3, 0.4) is 0 Å². The zero-order valence-electron chi connectivity index (χ0n) is 12.1. The number of hydrogen-bond donors (Lipinski definition) is 1. The lowest BCUT2D eigenvalue weighted by atomic mass is 10.0. The van der Waals surface area contributed by atoms with Crippen molar-refractivity contribution in [2.75, 3.05) is 0 Å². The zero-order valence-corrected chi connectivity index (χ0v) is 12.1. The molecule has 22 heavy (non-hydrogen) atoms. The molecule has 4 heteroatoms. The highest BCUT2D eigenvalue weighted by atomic mass is 15.0. The summed E-state index contributed by atoms with van der Waals surface area (Å²) in [7, 11) is 0. The van der Waals surface area contributed by atoms with E-state index in [9.17, 15) is 0 Å². The van der Waals surface area contributed by atoms with Gasteiger partial charge < -0.3 is 5.32 Å². The number of hydrogen-bond acceptors (Lipinski definition) is 4. The fourth-order valence-corrected chi connectivity index (χ4v) is 2.66. The van der Waals surface area contributed by atoms with E-state index in [2.05, 4.69) is 27.4 Å². The Kier molecular flexibility index (Phi) is 3.27. The van der Waals surface area contributed by atoms with E-state index in [0.717, 1.165) is 41.0 Å². The Bertz CT molecular complexity index is 830. The smallest absolute Gasteiger partial charge is 0.0890 e. The maximum atomic E-state index is 4.71. The number of aliphatic imine (C=N–C) groups is 1. The zero-order chi connectivity index (χ0) is 14.8. The molecule has 1 atom stereocenters. The van der Waals surface area contributed by atoms with Gasteiger partial charge in [0.25, 0.3) is 0 Å². The summed E-state index contributed by atoms with van der Waals surface area (Å²) in [5, 5.41) is 3.37. The SMILES string of the molecule is C1=CC2=NC(CCc3cnc4ccccc4n3)=CNC2C=C1. The molecule has 2 aromatic rings. The molecule has 1 aliphatic carbocycles. The Labute approximate surface area is 129 Å². The number of rotatable bonds is 3. The standard InChI is InChI=1S/C18H16N4/c1-3-7-17-15(5-1)19-11-13(21-17)9-10-14-12-20-16-6-2-4-8-18(16)22-14/h1-8,11-12,15,19H,9-10H2. The number of aromatic nitrogens is 2. The van der Waals surface area contributed by atoms with Gasteiger partial charge in [0.05, 0.1) is 34.2 Å². The van der Waals surface area contributed by atoms with Crippen LogP contribution in [-0.4, -0.2) is 21.7 Å². The highest BCUT2D eigenvalue weighted by Crippen LogP contribution is 2.16. The van der Waals surface area contributed by atoms with E-state index in [0.29, 0.717) is 0 Å². The van der Waals surface area contributed by atoms with Crippen LogP contribution in [-0.2, 0) is 6.42 Å². The third-order valence-electron chi connectivity index (χ3n) is 3.84. The molecule has 2 heterocycles. The maximum absolute atomic E-state index is 4.71. The number of benzene rings is 1. The molecule has 4 nitrogen and oxygen atoms in total. The van der Waals surface area contributed by atoms with Crippen LogP contribution in [0, 0.1) is 0 Å². The molecule has 0 radical (unpaired) electrons. The molecular weight excluding hydrogens is 272 g/mol. The lowest BCUT2D eigenvalue weighted by molar-refractivity contribution is 0.797. The molecule has 0 spiro atoms. The van der Waals surface area contributed by atoms with E-state index in [4.69, 9.17) is 4.99 Å². The van der Waals surface area contributed by atoms with Crippen molar-refractivity contribution in [3.63, 3.8) is 0 Å². The van der Waals surface area contributed by atoms with Crippen LogP contribution in [0.1, 0.15) is 12.1 Å². The first-order chi connectivity index (χ1) is 10.9. The lowest BCUT2D eigenvalue weighted by Gasteiger charge is -2.21. The second-order valence-corrected chi connectivity index (χ2v) is 5.41. The van der Waals surface area contributed by atoms with Crippen molar-refractivity contribution in [3.05, 3.63) is 72.4 Å². The first-order valence-electron chi connectivity index (χ1n) is 7.48. The minimum absolute atomic E-state index is 0.217. The molecule has 2 aliphatic rings. The number of nitrogens with one attached hydrogen (secondary N) is 1. The van der Waals surface area contributed by atoms with Gasteiger partial charge in [0.2, 0.25) is 0 Å². The van der Waals surface area contributed by atoms with Crippen molar-refractivity contribution in [1.82, 2.24) is 15.3 Å². The largest absolute Gasteiger partial charge is 0.378 e. The van der Waals surface area contributed by atoms with Gasteiger partial charge in [-0.25, -0.2) is 4.98 Å². The molecule has 0 saturated heterocycles. The molecule has 1 unspecified atom stereocenters. The highest BCUT2D eigenvalue weighted by molar-refractivity contribution is 6.03. The van der Waals surface area contributed by atoms with Crippen LogP contribution in [0.4, 0.5) is 0 Å². The normalized spacial score (nSPS) is 19.4. The van der Waals surface area contributed by atoms with Crippen molar-refractivity contribution >= 4 is 16.7 Å². The molecule has 0 amide bonds. The van der Waals surface area contributed by atoms with E-state index in [1.807, 2.05) is 48.8 Å². The van der Waals surface area contributed by atoms with Crippen molar-refractivity contribution in [3.8, 4) is 0 Å². The van der Waals surface area contributed by atoms with E-state index in [1.54, 1.807) is 0 Å². The summed E-state index contributed by atoms with van der Waals surface area (Å²) in [6.07, 6.45) is 13.8. The summed E-state index contributed by atoms with van der Waals surface area (Å²) in [6.45, 7) is 0. The topological polar surface area (TPSA) is 50.2 Å². The van der Waals surface area contributed by atoms with E-state index >= 15 is 0 Å². The Morgan fingerprint density at radius 2 is 1.95 bits per heavy atom. The number of para-hydroxylation sites is 2. The first kappa shape index (κ1) is 13.0. The fourth-order valence-electron chi connectivity index (χ4n) is 2.66. The van der Waals surface area contributed by atoms with Crippen LogP contribution in [0.2, 0.25) is 0 Å². The summed E-state index contributed by atoms with van der Waals surface area (Å²) >= 11 is 0. The van der Waals surface area contributed by atoms with Crippen LogP contribution >= 0.6 is 0 Å². The average molecular weight is 288 g/mol. The van der Waals surface area contributed by atoms with Gasteiger partial charge in [-0.1, -0.05) is 30.4 Å². The predicted octanol–water partition coefficient (Wildman–Crippen LogP) is 2.94. The van der Waals surface area contributed by atoms with Gasteiger partial charge in [-0.2, -0.15) is 0 Å². The lowest BCUT2D eigenvalue weighted by Crippen LogP contribution is -2.34. The molecule has 1 aliphatic heterocycles. The summed E-state index contributed by atoms with van der Waals surface area (Å²) in [5.74, 6) is 0. The van der Waals surface area contributed by atoms with Crippen LogP contribution in [0.15, 0.2) is 71.7 Å². The number of nitrogens with zero attached hydrogens (tertiary/aromatic N) is 3. The second kappa shape index (κ2) is 5.56. The fraction of sp³-hybridized carbons (Fsp3) is 0.167. The van der Waals surface area contributed by atoms with Gasteiger partial charge in [0.1, 0.15) is 0 Å². The summed E-state index contributed by atoms with van der Waals surface area (Å²) in [6, 6.07) is 8.16. The molecule has 0 bridgehead atoms. The summed E-state index contributed by atoms with van der Waals surface area (Å²) < 4.78 is 0. The first-order valence-corrected chi connectivity index (χ1v) is 7.48. The molecule has 1 N–H and O–H groups in total. The molecular formula is C18H16N4. The minimum atomic E-state index is 0.217. The van der Waals surface area contributed by atoms with Crippen molar-refractivity contribution in [2.45, 2.75) is 18.9 Å². The van der Waals surface area contributed by atoms with Crippen molar-refractivity contribution < 1.29 is 0 Å². The van der Waals surface area contributed by atoms with Gasteiger partial charge >= 0.3 is 0 Å². The van der Waals surface area contributed by atoms with Crippen molar-refractivity contribution in [1.29, 1.82) is 0 Å². The Morgan fingerprint density at radius 3 is 2.91 bits per heavy atom. The van der Waals surface area contributed by atoms with Gasteiger partial charge in [0, 0.05) is 12.4 Å². The monoisotopic (exact) mass is 288 g/mol. The van der Waals surface area contributed by atoms with Crippen LogP contribution in [0.25, 0.3) is 11.0 Å². The second-order valence-electron chi connectivity index (χ2n) is 5.41. The van der Waals surface area contributed by atoms with Gasteiger partial charge in [0.15, 0.2) is 0 Å². The van der Waals surface area contributed by atoms with E-state index in [1.165, 1.54) is 0 Å². The molecule has 4 rings (SSSR count). The molecule has 0 fully saturated rings. The van der Waals surface area contributed by atoms with Gasteiger partial charge in [-0.15, -0.1) is 0 Å². The Balaban J connectivity index is 1.48. The summed E-state index contributed by atoms with van der Waals surface area (Å²) in [4.78, 5) is 13.8. The Morgan fingerprint density at radius 1 is 1.05 bits per heavy atom. The molecule has 1 aromatic heterocycles. The quantitative estimate of drug-likeness (QED) is 0.944. The maximum Gasteiger partial charge on any atom is 0.0890 e. The molecule has 108 valence electrons. The van der Waals surface area contributed by atoms with E-state index in [-0.39, 0.29) is 6.04 Å². The number of aryl methyl sites for hydroxylation is 1. The molecule has 1 aromatic carbocycles. The van der Waals surface area contributed by atoms with Gasteiger partial charge in [-0.05, 0) is 31.1 Å². The van der Waals surface area contributed by atoms with Crippen LogP contribution in [0.5, 0.6) is 0 Å². The average Bonchev–Trinajstić information content (AvgIpc) is 2.59. The minimum Gasteiger partial charge on any atom is -0.378 e. The van der Waals surface area contributed by atoms with Crippen molar-refractivity contribution in [2.24, 2.45) is 4.99 Å². The summed E-state index contributed by atoms with van der Waals surface area (Å²) in [5.41, 5.74) is 5.02. The number of fused-ring (bicyclic) bond motifs is 2. The third kappa shape index (κ3) is 2.55. The Hall–Kier alpha value is -2.75. The van der Waals surface area contributed by atoms with Crippen LogP contribution < -0.4 is 5.32 Å². The van der Waals surface area contributed by atoms with E-state index < -0.39 is 0 Å². The predicted molar refractivity (Wildman–Crippen MR) is 88.6 cm³/mol. The number of allylic oxidation sites excluding steroid dienone is 3. The highest BCUT2D eigenvalue weighted by Gasteiger charge is 2.16. The third-order valence-corrected chi connectivity index (χ3v) is 3.84.